The molecule has 0 bridgehead atoms. The molecule has 2 atom stereocenters. The number of aromatic nitrogens is 1. The number of piperidine rings is 1. The maximum Gasteiger partial charge on any atom is 0.347 e. The number of pyridine rings is 1. The van der Waals surface area contributed by atoms with E-state index in [1.807, 2.05) is 0 Å². The number of aromatic hydroxyl groups is 1. The molecular weight excluding hydrogens is 760 g/mol. The Morgan fingerprint density at radius 1 is 1.00 bits per heavy atom. The van der Waals surface area contributed by atoms with Gasteiger partial charge < -0.3 is 50.0 Å². The summed E-state index contributed by atoms with van der Waals surface area (Å²) in [5.41, 5.74) is -0.880. The number of methoxy groups -OCH3 is 1. The van der Waals surface area contributed by atoms with Gasteiger partial charge in [0.25, 0.3) is 5.91 Å². The van der Waals surface area contributed by atoms with Crippen LogP contribution in [0.2, 0.25) is 0 Å². The molecule has 6 rings (SSSR count). The van der Waals surface area contributed by atoms with Crippen LogP contribution in [0.4, 0.5) is 4.39 Å². The maximum absolute atomic E-state index is 15.3. The smallest absolute Gasteiger partial charge is 0.347 e. The van der Waals surface area contributed by atoms with E-state index in [1.165, 1.54) is 37.4 Å². The highest BCUT2D eigenvalue weighted by atomic mass is 19.1. The summed E-state index contributed by atoms with van der Waals surface area (Å²) in [6.45, 7) is 5.74. The van der Waals surface area contributed by atoms with Gasteiger partial charge in [-0.15, -0.1) is 0 Å². The van der Waals surface area contributed by atoms with Crippen LogP contribution in [0.15, 0.2) is 95.8 Å². The van der Waals surface area contributed by atoms with Crippen molar-refractivity contribution in [2.45, 2.75) is 44.4 Å². The van der Waals surface area contributed by atoms with Crippen molar-refractivity contribution in [1.82, 2.24) is 20.5 Å². The van der Waals surface area contributed by atoms with E-state index in [-0.39, 0.29) is 66.9 Å². The average Bonchev–Trinajstić information content (AvgIpc) is 3.26. The zero-order chi connectivity index (χ0) is 41.9. The van der Waals surface area contributed by atoms with Crippen LogP contribution in [-0.4, -0.2) is 90.1 Å². The fourth-order valence-electron chi connectivity index (χ4n) is 7.32. The van der Waals surface area contributed by atoms with Crippen molar-refractivity contribution in [3.63, 3.8) is 0 Å². The van der Waals surface area contributed by atoms with Gasteiger partial charge in [-0.05, 0) is 92.3 Å². The number of esters is 1. The molecule has 312 valence electrons. The van der Waals surface area contributed by atoms with Crippen LogP contribution < -0.4 is 25.7 Å². The van der Waals surface area contributed by atoms with Crippen molar-refractivity contribution < 1.29 is 43.5 Å². The Hall–Kier alpha value is -5.80. The molecule has 13 nitrogen and oxygen atoms in total. The lowest BCUT2D eigenvalue weighted by molar-refractivity contribution is -0.164. The molecule has 0 spiro atoms. The van der Waals surface area contributed by atoms with E-state index in [4.69, 9.17) is 14.2 Å². The molecule has 6 N–H and O–H groups in total. The van der Waals surface area contributed by atoms with E-state index in [1.54, 1.807) is 60.7 Å². The second kappa shape index (κ2) is 19.8. The van der Waals surface area contributed by atoms with Gasteiger partial charge in [0, 0.05) is 42.2 Å². The SMILES string of the molecule is CCN1CCC(COC(=O)[C@](O)(c2ccccc2)c2cccc(OCCCNC(=O)c3cc(OC)c(CNC[C@H](O)c4ccc(O)c5[nH]c(=O)ccc45)cc3F)c2)CC1. The molecule has 0 aliphatic carbocycles. The summed E-state index contributed by atoms with van der Waals surface area (Å²) in [6.07, 6.45) is 1.18. The van der Waals surface area contributed by atoms with Crippen LogP contribution in [0.25, 0.3) is 10.9 Å². The number of hydrogen-bond acceptors (Lipinski definition) is 11. The van der Waals surface area contributed by atoms with Crippen LogP contribution in [-0.2, 0) is 21.7 Å². The summed E-state index contributed by atoms with van der Waals surface area (Å²) in [5.74, 6) is -1.38. The van der Waals surface area contributed by atoms with Crippen LogP contribution in [0.3, 0.4) is 0 Å². The third-order valence-corrected chi connectivity index (χ3v) is 10.8. The van der Waals surface area contributed by atoms with Crippen molar-refractivity contribution in [1.29, 1.82) is 0 Å². The van der Waals surface area contributed by atoms with Gasteiger partial charge in [0.15, 0.2) is 0 Å². The Labute approximate surface area is 341 Å². The Kier molecular flexibility index (Phi) is 14.3. The van der Waals surface area contributed by atoms with Gasteiger partial charge in [-0.3, -0.25) is 9.59 Å². The topological polar surface area (TPSA) is 183 Å². The normalized spacial score (nSPS) is 15.0. The molecule has 1 saturated heterocycles. The summed E-state index contributed by atoms with van der Waals surface area (Å²) < 4.78 is 32.4. The number of hydrogen-bond donors (Lipinski definition) is 6. The summed E-state index contributed by atoms with van der Waals surface area (Å²) >= 11 is 0. The van der Waals surface area contributed by atoms with Gasteiger partial charge in [-0.1, -0.05) is 55.5 Å². The van der Waals surface area contributed by atoms with Crippen LogP contribution in [0.5, 0.6) is 17.2 Å². The molecule has 1 aromatic heterocycles. The molecule has 5 aromatic rings. The van der Waals surface area contributed by atoms with Crippen molar-refractivity contribution in [3.05, 3.63) is 135 Å². The molecular formula is C45H51FN4O9. The quantitative estimate of drug-likeness (QED) is 0.0523. The number of likely N-dealkylation sites (tertiary alicyclic amines) is 1. The number of aliphatic hydroxyl groups is 2. The number of ether oxygens (including phenoxy) is 3. The number of halogens is 1. The molecule has 0 saturated carbocycles. The molecule has 1 aliphatic heterocycles. The minimum Gasteiger partial charge on any atom is -0.506 e. The molecule has 1 fully saturated rings. The van der Waals surface area contributed by atoms with E-state index in [2.05, 4.69) is 27.4 Å². The van der Waals surface area contributed by atoms with Gasteiger partial charge in [0.1, 0.15) is 23.1 Å². The maximum atomic E-state index is 15.3. The first kappa shape index (κ1) is 42.8. The van der Waals surface area contributed by atoms with Gasteiger partial charge >= 0.3 is 5.97 Å². The second-order valence-electron chi connectivity index (χ2n) is 14.6. The van der Waals surface area contributed by atoms with Gasteiger partial charge in [-0.25, -0.2) is 9.18 Å². The van der Waals surface area contributed by atoms with Gasteiger partial charge in [-0.2, -0.15) is 0 Å². The lowest BCUT2D eigenvalue weighted by atomic mass is 9.86. The Morgan fingerprint density at radius 3 is 2.51 bits per heavy atom. The fraction of sp³-hybridized carbons (Fsp3) is 0.356. The molecule has 0 radical (unpaired) electrons. The monoisotopic (exact) mass is 810 g/mol. The standard InChI is InChI=1S/C45H51FN4O9/c1-3-50-20-17-29(18-21-50)28-59-44(55)45(56,31-9-5-4-6-10-31)32-11-7-12-33(24-32)58-22-8-19-48-43(54)36-25-40(57-2)30(23-37(36)46)26-47-27-39(52)34-13-15-38(51)42-35(34)14-16-41(53)49-42/h4-7,9-16,23-25,29,39,47,51-52,56H,3,8,17-22,26-28H2,1-2H3,(H,48,54)(H,49,53)/t39-,45-/m0/s1. The number of phenols is 1. The third-order valence-electron chi connectivity index (χ3n) is 10.8. The molecule has 1 amide bonds. The minimum atomic E-state index is -2.07. The number of aromatic amines is 1. The van der Waals surface area contributed by atoms with Gasteiger partial charge in [0.05, 0.1) is 37.5 Å². The van der Waals surface area contributed by atoms with Crippen LogP contribution >= 0.6 is 0 Å². The van der Waals surface area contributed by atoms with E-state index in [0.717, 1.165) is 32.5 Å². The second-order valence-corrected chi connectivity index (χ2v) is 14.6. The van der Waals surface area contributed by atoms with E-state index < -0.39 is 29.4 Å². The lowest BCUT2D eigenvalue weighted by Crippen LogP contribution is -2.40. The number of H-pyrrole nitrogens is 1. The summed E-state index contributed by atoms with van der Waals surface area (Å²) in [5, 5.41) is 39.3. The number of carbonyl (C=O) groups is 2. The first-order chi connectivity index (χ1) is 28.5. The third kappa shape index (κ3) is 10.3. The van der Waals surface area contributed by atoms with Gasteiger partial charge in [0.2, 0.25) is 11.2 Å². The Morgan fingerprint density at radius 2 is 1.76 bits per heavy atom. The zero-order valence-electron chi connectivity index (χ0n) is 33.2. The highest BCUT2D eigenvalue weighted by Gasteiger charge is 2.42. The van der Waals surface area contributed by atoms with E-state index in [9.17, 15) is 29.7 Å². The van der Waals surface area contributed by atoms with Crippen molar-refractivity contribution in [2.75, 3.05) is 53.0 Å². The lowest BCUT2D eigenvalue weighted by Gasteiger charge is -2.32. The number of benzene rings is 4. The van der Waals surface area contributed by atoms with Crippen molar-refractivity contribution >= 4 is 22.8 Å². The highest BCUT2D eigenvalue weighted by Crippen LogP contribution is 2.34. The van der Waals surface area contributed by atoms with Crippen molar-refractivity contribution in [2.24, 2.45) is 5.92 Å². The number of aliphatic hydroxyl groups excluding tert-OH is 1. The van der Waals surface area contributed by atoms with E-state index >= 15 is 4.39 Å². The largest absolute Gasteiger partial charge is 0.506 e. The number of rotatable bonds is 18. The summed E-state index contributed by atoms with van der Waals surface area (Å²) in [6, 6.07) is 23.6. The van der Waals surface area contributed by atoms with Crippen molar-refractivity contribution in [3.8, 4) is 17.2 Å². The first-order valence-electron chi connectivity index (χ1n) is 19.8. The number of fused-ring (bicyclic) bond motifs is 1. The molecule has 0 unspecified atom stereocenters. The molecule has 4 aromatic carbocycles. The Balaban J connectivity index is 1.01. The molecule has 59 heavy (non-hydrogen) atoms. The van der Waals surface area contributed by atoms with Crippen LogP contribution in [0, 0.1) is 11.7 Å². The number of nitrogens with zero attached hydrogens (tertiary/aromatic N) is 1. The number of nitrogens with one attached hydrogen (secondary N) is 3. The zero-order valence-corrected chi connectivity index (χ0v) is 33.2. The highest BCUT2D eigenvalue weighted by molar-refractivity contribution is 5.95. The number of carbonyl (C=O) groups excluding carboxylic acids is 2. The number of amides is 1. The van der Waals surface area contributed by atoms with Crippen LogP contribution in [0.1, 0.15) is 64.9 Å². The summed E-state index contributed by atoms with van der Waals surface area (Å²) in [7, 11) is 1.41. The Bertz CT molecular complexity index is 2280. The fourth-order valence-corrected chi connectivity index (χ4v) is 7.32. The average molecular weight is 811 g/mol. The molecule has 2 heterocycles. The first-order valence-corrected chi connectivity index (χ1v) is 19.8. The predicted molar refractivity (Wildman–Crippen MR) is 220 cm³/mol. The predicted octanol–water partition coefficient (Wildman–Crippen LogP) is 4.91. The summed E-state index contributed by atoms with van der Waals surface area (Å²) in [4.78, 5) is 43.3. The minimum absolute atomic E-state index is 0.0532. The molecule has 14 heteroatoms. The number of phenolic OH excluding ortho intramolecular Hbond substituents is 1. The van der Waals surface area contributed by atoms with E-state index in [0.29, 0.717) is 39.8 Å². The molecule has 1 aliphatic rings.